The molecule has 0 spiro atoms. The summed E-state index contributed by atoms with van der Waals surface area (Å²) in [5.74, 6) is 1.45. The molecule has 0 aliphatic carbocycles. The van der Waals surface area contributed by atoms with E-state index in [0.717, 1.165) is 39.3 Å². The van der Waals surface area contributed by atoms with E-state index < -0.39 is 6.10 Å². The second-order valence-electron chi connectivity index (χ2n) is 7.84. The standard InChI is InChI=1S/C24H17Cl2N5O/c1-13-4-7-19-16(9-13)21-20(23(32-19)14-5-6-17(25)18(26)10-14)22(15-3-2-8-27-11-15)31-24(30-21)28-12-29-31/h2-12,22-23H,1H3,(H,28,29,30). The van der Waals surface area contributed by atoms with Gasteiger partial charge in [0.25, 0.3) is 0 Å². The highest BCUT2D eigenvalue weighted by Crippen LogP contribution is 2.51. The van der Waals surface area contributed by atoms with Crippen LogP contribution in [0.5, 0.6) is 5.75 Å². The zero-order chi connectivity index (χ0) is 21.8. The Morgan fingerprint density at radius 2 is 1.94 bits per heavy atom. The summed E-state index contributed by atoms with van der Waals surface area (Å²) >= 11 is 12.6. The summed E-state index contributed by atoms with van der Waals surface area (Å²) in [7, 11) is 0. The second-order valence-corrected chi connectivity index (χ2v) is 8.66. The summed E-state index contributed by atoms with van der Waals surface area (Å²) in [6.07, 6.45) is 4.75. The maximum Gasteiger partial charge on any atom is 0.226 e. The Balaban J connectivity index is 1.64. The number of fused-ring (bicyclic) bond motifs is 3. The molecule has 2 aliphatic heterocycles. The molecular formula is C24H17Cl2N5O. The molecule has 0 bridgehead atoms. The lowest BCUT2D eigenvalue weighted by atomic mass is 9.85. The molecule has 1 N–H and O–H groups in total. The summed E-state index contributed by atoms with van der Waals surface area (Å²) in [6.45, 7) is 2.06. The molecule has 4 heterocycles. The number of nitrogens with one attached hydrogen (secondary N) is 1. The molecule has 2 aliphatic rings. The lowest BCUT2D eigenvalue weighted by Gasteiger charge is -2.39. The van der Waals surface area contributed by atoms with Gasteiger partial charge in [0.2, 0.25) is 5.95 Å². The first-order chi connectivity index (χ1) is 15.6. The maximum absolute atomic E-state index is 6.60. The van der Waals surface area contributed by atoms with Crippen LogP contribution in [0.3, 0.4) is 0 Å². The molecule has 2 atom stereocenters. The van der Waals surface area contributed by atoms with Crippen molar-refractivity contribution in [3.05, 3.63) is 105 Å². The van der Waals surface area contributed by atoms with Crippen LogP contribution in [0.1, 0.15) is 34.4 Å². The Kier molecular flexibility index (Phi) is 4.45. The van der Waals surface area contributed by atoms with Crippen LogP contribution in [0.4, 0.5) is 5.95 Å². The number of aryl methyl sites for hydroxylation is 1. The first kappa shape index (κ1) is 19.3. The normalized spacial score (nSPS) is 18.8. The Labute approximate surface area is 194 Å². The van der Waals surface area contributed by atoms with Crippen LogP contribution in [-0.4, -0.2) is 19.7 Å². The molecule has 32 heavy (non-hydrogen) atoms. The monoisotopic (exact) mass is 461 g/mol. The van der Waals surface area contributed by atoms with Gasteiger partial charge in [0.15, 0.2) is 0 Å². The quantitative estimate of drug-likeness (QED) is 0.405. The first-order valence-electron chi connectivity index (χ1n) is 10.1. The summed E-state index contributed by atoms with van der Waals surface area (Å²) in [5.41, 5.74) is 5.97. The topological polar surface area (TPSA) is 64.9 Å². The Bertz CT molecular complexity index is 1380. The second kappa shape index (κ2) is 7.36. The number of rotatable bonds is 2. The number of nitrogens with zero attached hydrogens (tertiary/aromatic N) is 4. The van der Waals surface area contributed by atoms with Crippen molar-refractivity contribution in [3.8, 4) is 5.75 Å². The van der Waals surface area contributed by atoms with Crippen LogP contribution in [0.25, 0.3) is 5.70 Å². The first-order valence-corrected chi connectivity index (χ1v) is 10.9. The molecule has 8 heteroatoms. The van der Waals surface area contributed by atoms with Crippen molar-refractivity contribution in [2.45, 2.75) is 19.1 Å². The van der Waals surface area contributed by atoms with Crippen LogP contribution in [-0.2, 0) is 0 Å². The number of benzene rings is 2. The van der Waals surface area contributed by atoms with Crippen molar-refractivity contribution in [1.82, 2.24) is 19.7 Å². The fourth-order valence-electron chi connectivity index (χ4n) is 4.39. The SMILES string of the molecule is Cc1ccc2c(c1)C1=C(C(c3ccc(Cl)c(Cl)c3)O2)C(c2cccnc2)n2ncnc2N1. The van der Waals surface area contributed by atoms with Crippen molar-refractivity contribution in [1.29, 1.82) is 0 Å². The van der Waals surface area contributed by atoms with E-state index in [-0.39, 0.29) is 6.04 Å². The van der Waals surface area contributed by atoms with Crippen LogP contribution >= 0.6 is 23.2 Å². The van der Waals surface area contributed by atoms with Gasteiger partial charge in [0.1, 0.15) is 24.2 Å². The lowest BCUT2D eigenvalue weighted by molar-refractivity contribution is 0.223. The predicted molar refractivity (Wildman–Crippen MR) is 124 cm³/mol. The van der Waals surface area contributed by atoms with Crippen molar-refractivity contribution >= 4 is 34.8 Å². The molecule has 0 amide bonds. The Hall–Kier alpha value is -3.35. The number of pyridine rings is 1. The molecular weight excluding hydrogens is 445 g/mol. The minimum atomic E-state index is -0.412. The van der Waals surface area contributed by atoms with Crippen molar-refractivity contribution < 1.29 is 4.74 Å². The fourth-order valence-corrected chi connectivity index (χ4v) is 4.70. The van der Waals surface area contributed by atoms with E-state index in [0.29, 0.717) is 16.0 Å². The molecule has 158 valence electrons. The highest BCUT2D eigenvalue weighted by Gasteiger charge is 2.41. The Morgan fingerprint density at radius 1 is 1.03 bits per heavy atom. The highest BCUT2D eigenvalue weighted by atomic mass is 35.5. The molecule has 0 saturated heterocycles. The van der Waals surface area contributed by atoms with Gasteiger partial charge in [-0.05, 0) is 48.4 Å². The molecule has 6 rings (SSSR count). The molecule has 2 aromatic carbocycles. The van der Waals surface area contributed by atoms with Gasteiger partial charge in [0.05, 0.1) is 15.7 Å². The predicted octanol–water partition coefficient (Wildman–Crippen LogP) is 5.85. The molecule has 4 aromatic rings. The zero-order valence-corrected chi connectivity index (χ0v) is 18.5. The van der Waals surface area contributed by atoms with Crippen molar-refractivity contribution in [3.63, 3.8) is 0 Å². The minimum absolute atomic E-state index is 0.259. The highest BCUT2D eigenvalue weighted by molar-refractivity contribution is 6.42. The minimum Gasteiger partial charge on any atom is -0.480 e. The zero-order valence-electron chi connectivity index (χ0n) is 17.0. The van der Waals surface area contributed by atoms with Crippen LogP contribution in [0, 0.1) is 6.92 Å². The lowest BCUT2D eigenvalue weighted by Crippen LogP contribution is -2.32. The van der Waals surface area contributed by atoms with E-state index in [9.17, 15) is 0 Å². The van der Waals surface area contributed by atoms with Crippen molar-refractivity contribution in [2.75, 3.05) is 5.32 Å². The van der Waals surface area contributed by atoms with Gasteiger partial charge in [-0.3, -0.25) is 4.98 Å². The van der Waals surface area contributed by atoms with Crippen LogP contribution < -0.4 is 10.1 Å². The summed E-state index contributed by atoms with van der Waals surface area (Å²) in [6, 6.07) is 15.5. The molecule has 0 fully saturated rings. The van der Waals surface area contributed by atoms with Gasteiger partial charge in [-0.15, -0.1) is 0 Å². The summed E-state index contributed by atoms with van der Waals surface area (Å²) in [5, 5.41) is 8.99. The van der Waals surface area contributed by atoms with Gasteiger partial charge in [-0.1, -0.05) is 47.0 Å². The summed E-state index contributed by atoms with van der Waals surface area (Å²) in [4.78, 5) is 8.80. The molecule has 0 radical (unpaired) electrons. The maximum atomic E-state index is 6.60. The summed E-state index contributed by atoms with van der Waals surface area (Å²) < 4.78 is 8.46. The van der Waals surface area contributed by atoms with Gasteiger partial charge >= 0.3 is 0 Å². The van der Waals surface area contributed by atoms with E-state index in [4.69, 9.17) is 27.9 Å². The van der Waals surface area contributed by atoms with E-state index in [1.54, 1.807) is 18.6 Å². The fraction of sp³-hybridized carbons (Fsp3) is 0.125. The van der Waals surface area contributed by atoms with Crippen molar-refractivity contribution in [2.24, 2.45) is 0 Å². The number of hydrogen-bond acceptors (Lipinski definition) is 5. The third-order valence-electron chi connectivity index (χ3n) is 5.82. The van der Waals surface area contributed by atoms with E-state index in [1.807, 2.05) is 47.3 Å². The number of hydrogen-bond donors (Lipinski definition) is 1. The molecule has 6 nitrogen and oxygen atoms in total. The number of anilines is 1. The molecule has 0 saturated carbocycles. The van der Waals surface area contributed by atoms with E-state index in [1.165, 1.54) is 0 Å². The number of halogens is 2. The smallest absolute Gasteiger partial charge is 0.226 e. The van der Waals surface area contributed by atoms with Crippen LogP contribution in [0.15, 0.2) is 72.8 Å². The Morgan fingerprint density at radius 3 is 2.75 bits per heavy atom. The number of ether oxygens (including phenoxy) is 1. The average molecular weight is 462 g/mol. The largest absolute Gasteiger partial charge is 0.480 e. The van der Waals surface area contributed by atoms with Gasteiger partial charge in [-0.25, -0.2) is 4.68 Å². The van der Waals surface area contributed by atoms with E-state index in [2.05, 4.69) is 33.4 Å². The average Bonchev–Trinajstić information content (AvgIpc) is 3.28. The third kappa shape index (κ3) is 2.98. The van der Waals surface area contributed by atoms with Crippen LogP contribution in [0.2, 0.25) is 10.0 Å². The van der Waals surface area contributed by atoms with Gasteiger partial charge < -0.3 is 10.1 Å². The third-order valence-corrected chi connectivity index (χ3v) is 6.55. The van der Waals surface area contributed by atoms with Gasteiger partial charge in [-0.2, -0.15) is 10.1 Å². The van der Waals surface area contributed by atoms with E-state index >= 15 is 0 Å². The molecule has 2 aromatic heterocycles. The molecule has 2 unspecified atom stereocenters. The van der Waals surface area contributed by atoms with Gasteiger partial charge in [0, 0.05) is 23.5 Å². The number of aromatic nitrogens is 4.